The van der Waals surface area contributed by atoms with Crippen molar-refractivity contribution in [1.82, 2.24) is 9.55 Å². The second-order valence-electron chi connectivity index (χ2n) is 5.53. The fourth-order valence-corrected chi connectivity index (χ4v) is 3.62. The maximum atomic E-state index is 12.2. The van der Waals surface area contributed by atoms with E-state index in [2.05, 4.69) is 28.5 Å². The van der Waals surface area contributed by atoms with E-state index < -0.39 is 37.7 Å². The Balaban J connectivity index is 2.32. The first-order valence-electron chi connectivity index (χ1n) is 7.73. The number of nitrogens with one attached hydrogen (secondary N) is 1. The summed E-state index contributed by atoms with van der Waals surface area (Å²) in [5.74, 6) is 5.15. The molecule has 26 heavy (non-hydrogen) atoms. The van der Waals surface area contributed by atoms with Crippen molar-refractivity contribution in [3.8, 4) is 11.8 Å². The third-order valence-corrected chi connectivity index (χ3v) is 5.72. The zero-order valence-electron chi connectivity index (χ0n) is 13.9. The number of nitrogens with zero attached hydrogens (tertiary/aromatic N) is 1. The summed E-state index contributed by atoms with van der Waals surface area (Å²) in [4.78, 5) is 35.4. The Morgan fingerprint density at radius 1 is 1.65 bits per heavy atom. The molecule has 0 bridgehead atoms. The number of aromatic nitrogens is 2. The second-order valence-corrected chi connectivity index (χ2v) is 8.23. The summed E-state index contributed by atoms with van der Waals surface area (Å²) in [6.45, 7) is 1.86. The van der Waals surface area contributed by atoms with Gasteiger partial charge in [-0.15, -0.1) is 11.7 Å². The molecule has 0 aromatic carbocycles. The van der Waals surface area contributed by atoms with Gasteiger partial charge in [-0.05, 0) is 6.92 Å². The summed E-state index contributed by atoms with van der Waals surface area (Å²) in [6.07, 6.45) is -0.426. The summed E-state index contributed by atoms with van der Waals surface area (Å²) in [7, 11) is -1.61. The molecule has 2 heterocycles. The minimum absolute atomic E-state index is 0.0700. The lowest BCUT2D eigenvalue weighted by molar-refractivity contribution is -0.0313. The predicted octanol–water partition coefficient (Wildman–Crippen LogP) is -0.0895. The van der Waals surface area contributed by atoms with Crippen LogP contribution in [0.2, 0.25) is 0 Å². The van der Waals surface area contributed by atoms with Gasteiger partial charge in [-0.3, -0.25) is 18.9 Å². The number of nitrogens with two attached hydrogens (primary N) is 1. The van der Waals surface area contributed by atoms with Gasteiger partial charge in [0.25, 0.3) is 5.56 Å². The molecule has 12 heteroatoms. The van der Waals surface area contributed by atoms with Crippen LogP contribution in [-0.4, -0.2) is 44.8 Å². The molecule has 0 amide bonds. The number of hydrogen-bond donors (Lipinski definition) is 4. The number of H-pyrrole nitrogens is 1. The van der Waals surface area contributed by atoms with Crippen molar-refractivity contribution in [1.29, 1.82) is 0 Å². The molecular weight excluding hydrogens is 401 g/mol. The van der Waals surface area contributed by atoms with Crippen LogP contribution in [0.15, 0.2) is 15.8 Å². The molecule has 4 unspecified atom stereocenters. The van der Waals surface area contributed by atoms with Gasteiger partial charge in [-0.2, -0.15) is 0 Å². The van der Waals surface area contributed by atoms with Gasteiger partial charge in [0.1, 0.15) is 17.2 Å². The van der Waals surface area contributed by atoms with Gasteiger partial charge >= 0.3 is 5.69 Å². The van der Waals surface area contributed by atoms with Gasteiger partial charge < -0.3 is 20.1 Å². The van der Waals surface area contributed by atoms with Crippen molar-refractivity contribution >= 4 is 30.5 Å². The molecular formula is C14H20N3O6PS2. The van der Waals surface area contributed by atoms with E-state index in [1.165, 1.54) is 21.6 Å². The molecule has 1 aliphatic heterocycles. The molecule has 4 N–H and O–H groups in total. The fourth-order valence-electron chi connectivity index (χ4n) is 2.57. The van der Waals surface area contributed by atoms with Gasteiger partial charge in [0.05, 0.1) is 24.9 Å². The highest BCUT2D eigenvalue weighted by Gasteiger charge is 2.39. The third kappa shape index (κ3) is 5.50. The Bertz CT molecular complexity index is 832. The van der Waals surface area contributed by atoms with Crippen LogP contribution in [0.5, 0.6) is 0 Å². The summed E-state index contributed by atoms with van der Waals surface area (Å²) >= 11 is 4.08. The highest BCUT2D eigenvalue weighted by Crippen LogP contribution is 2.35. The van der Waals surface area contributed by atoms with Crippen molar-refractivity contribution < 1.29 is 18.9 Å². The van der Waals surface area contributed by atoms with Crippen molar-refractivity contribution in [2.45, 2.75) is 37.2 Å². The molecule has 0 saturated carbocycles. The zero-order valence-corrected chi connectivity index (χ0v) is 16.6. The van der Waals surface area contributed by atoms with E-state index in [0.717, 1.165) is 0 Å². The summed E-state index contributed by atoms with van der Waals surface area (Å²) in [6, 6.07) is 0. The van der Waals surface area contributed by atoms with Gasteiger partial charge in [-0.1, -0.05) is 22.6 Å². The van der Waals surface area contributed by atoms with Crippen LogP contribution in [0.4, 0.5) is 0 Å². The van der Waals surface area contributed by atoms with Crippen molar-refractivity contribution in [2.24, 2.45) is 5.73 Å². The van der Waals surface area contributed by atoms with Crippen LogP contribution in [0.25, 0.3) is 0 Å². The second kappa shape index (κ2) is 9.80. The van der Waals surface area contributed by atoms with Crippen LogP contribution < -0.4 is 17.0 Å². The van der Waals surface area contributed by atoms with Crippen molar-refractivity contribution in [2.75, 3.05) is 12.7 Å². The molecule has 0 spiro atoms. The smallest absolute Gasteiger partial charge is 0.330 e. The van der Waals surface area contributed by atoms with Crippen LogP contribution >= 0.6 is 30.5 Å². The monoisotopic (exact) mass is 421 g/mol. The SMILES string of the molecule is C[C@@H](OC1CC(n2cc(C#CCN)c(=O)[nH]c2=O)OC1C[PH](=O)O)SS. The number of thiol groups is 1. The zero-order chi connectivity index (χ0) is 19.3. The molecule has 5 atom stereocenters. The van der Waals surface area contributed by atoms with Crippen LogP contribution in [0.1, 0.15) is 25.1 Å². The Hall–Kier alpha value is -0.990. The molecule has 9 nitrogen and oxygen atoms in total. The first kappa shape index (κ1) is 21.3. The summed E-state index contributed by atoms with van der Waals surface area (Å²) in [5, 5.41) is 0. The van der Waals surface area contributed by atoms with Crippen molar-refractivity contribution in [3.05, 3.63) is 32.6 Å². The Morgan fingerprint density at radius 2 is 2.38 bits per heavy atom. The molecule has 0 radical (unpaired) electrons. The number of hydrogen-bond acceptors (Lipinski definition) is 8. The van der Waals surface area contributed by atoms with Crippen molar-refractivity contribution in [3.63, 3.8) is 0 Å². The van der Waals surface area contributed by atoms with E-state index in [0.29, 0.717) is 0 Å². The number of ether oxygens (including phenoxy) is 2. The lowest BCUT2D eigenvalue weighted by Gasteiger charge is -2.20. The van der Waals surface area contributed by atoms with Gasteiger partial charge in [0.2, 0.25) is 0 Å². The highest BCUT2D eigenvalue weighted by molar-refractivity contribution is 8.68. The Morgan fingerprint density at radius 3 is 3.00 bits per heavy atom. The van der Waals surface area contributed by atoms with Gasteiger partial charge in [0, 0.05) is 12.6 Å². The summed E-state index contributed by atoms with van der Waals surface area (Å²) < 4.78 is 24.0. The molecule has 1 aliphatic rings. The largest absolute Gasteiger partial charge is 0.361 e. The number of rotatable bonds is 6. The van der Waals surface area contributed by atoms with Gasteiger partial charge in [0.15, 0.2) is 8.03 Å². The van der Waals surface area contributed by atoms with Crippen LogP contribution in [0.3, 0.4) is 0 Å². The lowest BCUT2D eigenvalue weighted by Crippen LogP contribution is -2.33. The van der Waals surface area contributed by atoms with Crippen LogP contribution in [-0.2, 0) is 14.0 Å². The number of aromatic amines is 1. The van der Waals surface area contributed by atoms with E-state index in [1.807, 2.05) is 0 Å². The highest BCUT2D eigenvalue weighted by atomic mass is 33.1. The predicted molar refractivity (Wildman–Crippen MR) is 103 cm³/mol. The first-order valence-corrected chi connectivity index (χ1v) is 11.2. The summed E-state index contributed by atoms with van der Waals surface area (Å²) in [5.41, 5.74) is 3.84. The van der Waals surface area contributed by atoms with E-state index >= 15 is 0 Å². The molecule has 1 aromatic rings. The fraction of sp³-hybridized carbons (Fsp3) is 0.571. The molecule has 0 aliphatic carbocycles. The van der Waals surface area contributed by atoms with Crippen LogP contribution in [0, 0.1) is 11.8 Å². The normalized spacial score (nSPS) is 24.7. The topological polar surface area (TPSA) is 137 Å². The average molecular weight is 421 g/mol. The molecule has 144 valence electrons. The lowest BCUT2D eigenvalue weighted by atomic mass is 10.2. The van der Waals surface area contributed by atoms with E-state index in [4.69, 9.17) is 15.2 Å². The molecule has 1 aromatic heterocycles. The Labute approximate surface area is 159 Å². The minimum Gasteiger partial charge on any atom is -0.361 e. The standard InChI is InChI=1S/C14H20N3O6PS2/c1-8(26-25)22-10-5-12(23-11(10)7-24(20)21)17-6-9(3-2-4-15)13(18)16-14(17)19/h6,8,10-12,24-25H,4-5,7,15H2,1H3,(H,20,21)(H,16,18,19)/t8-,10?,11?,12?/m0/s1. The van der Waals surface area contributed by atoms with Gasteiger partial charge in [-0.25, -0.2) is 4.79 Å². The Kier molecular flexibility index (Phi) is 8.04. The molecule has 1 fully saturated rings. The molecule has 1 saturated heterocycles. The quantitative estimate of drug-likeness (QED) is 0.164. The van der Waals surface area contributed by atoms with E-state index in [1.54, 1.807) is 6.92 Å². The minimum atomic E-state index is -2.80. The van der Waals surface area contributed by atoms with E-state index in [9.17, 15) is 19.0 Å². The maximum Gasteiger partial charge on any atom is 0.330 e. The maximum absolute atomic E-state index is 12.2. The molecule has 2 rings (SSSR count). The average Bonchev–Trinajstić information content (AvgIpc) is 2.95. The third-order valence-electron chi connectivity index (χ3n) is 3.67. The van der Waals surface area contributed by atoms with E-state index in [-0.39, 0.29) is 30.1 Å². The first-order chi connectivity index (χ1) is 12.3.